The van der Waals surface area contributed by atoms with Gasteiger partial charge in [0.25, 0.3) is 5.91 Å². The number of rotatable bonds is 4. The number of carbonyl (C=O) groups is 1. The molecule has 0 spiro atoms. The summed E-state index contributed by atoms with van der Waals surface area (Å²) < 4.78 is 5.54. The van der Waals surface area contributed by atoms with E-state index in [0.717, 1.165) is 30.2 Å². The molecule has 1 aromatic heterocycles. The quantitative estimate of drug-likeness (QED) is 0.804. The Hall–Kier alpha value is -2.18. The molecule has 0 unspecified atom stereocenters. The summed E-state index contributed by atoms with van der Waals surface area (Å²) in [5.41, 5.74) is 0.930. The molecule has 2 heterocycles. The fourth-order valence-electron chi connectivity index (χ4n) is 2.77. The van der Waals surface area contributed by atoms with Crippen molar-refractivity contribution in [1.29, 1.82) is 0 Å². The number of ether oxygens (including phenoxy) is 1. The highest BCUT2D eigenvalue weighted by atomic mass is 16.5. The topological polar surface area (TPSA) is 79.0 Å². The molecule has 2 aromatic rings. The van der Waals surface area contributed by atoms with Gasteiger partial charge in [0.2, 0.25) is 0 Å². The molecular formula is C16H20N4O2. The van der Waals surface area contributed by atoms with Crippen molar-refractivity contribution >= 4 is 11.6 Å². The van der Waals surface area contributed by atoms with Gasteiger partial charge in [0, 0.05) is 30.8 Å². The van der Waals surface area contributed by atoms with Gasteiger partial charge in [0.1, 0.15) is 11.4 Å². The molecule has 6 heteroatoms. The number of H-pyrrole nitrogens is 1. The molecule has 22 heavy (non-hydrogen) atoms. The maximum atomic E-state index is 12.6. The first-order valence-electron chi connectivity index (χ1n) is 7.41. The molecule has 1 aromatic carbocycles. The van der Waals surface area contributed by atoms with E-state index in [1.165, 1.54) is 0 Å². The lowest BCUT2D eigenvalue weighted by Gasteiger charge is -2.34. The van der Waals surface area contributed by atoms with Gasteiger partial charge in [-0.3, -0.25) is 4.79 Å². The minimum absolute atomic E-state index is 0.0897. The highest BCUT2D eigenvalue weighted by Gasteiger charge is 2.39. The minimum atomic E-state index is -0.744. The number of nitrogens with zero attached hydrogens (tertiary/aromatic N) is 1. The molecule has 1 saturated heterocycles. The number of benzene rings is 1. The van der Waals surface area contributed by atoms with Crippen molar-refractivity contribution in [3.63, 3.8) is 0 Å². The summed E-state index contributed by atoms with van der Waals surface area (Å²) in [6.45, 7) is 1.57. The van der Waals surface area contributed by atoms with Gasteiger partial charge in [-0.05, 0) is 38.1 Å². The monoisotopic (exact) mass is 300 g/mol. The number of amides is 1. The Balaban J connectivity index is 1.78. The van der Waals surface area contributed by atoms with Gasteiger partial charge in [-0.15, -0.1) is 0 Å². The van der Waals surface area contributed by atoms with Gasteiger partial charge < -0.3 is 20.4 Å². The number of hydrogen-bond acceptors (Lipinski definition) is 4. The van der Waals surface area contributed by atoms with Crippen LogP contribution in [-0.2, 0) is 9.53 Å². The van der Waals surface area contributed by atoms with Crippen LogP contribution in [0.15, 0.2) is 36.7 Å². The third kappa shape index (κ3) is 2.88. The maximum absolute atomic E-state index is 12.6. The van der Waals surface area contributed by atoms with Crippen LogP contribution in [0.4, 0.5) is 5.69 Å². The van der Waals surface area contributed by atoms with Crippen molar-refractivity contribution in [2.75, 3.05) is 25.5 Å². The summed E-state index contributed by atoms with van der Waals surface area (Å²) in [5, 5.41) is 6.22. The van der Waals surface area contributed by atoms with Crippen molar-refractivity contribution in [1.82, 2.24) is 15.3 Å². The Morgan fingerprint density at radius 2 is 2.18 bits per heavy atom. The molecule has 6 nitrogen and oxygen atoms in total. The number of hydrogen-bond donors (Lipinski definition) is 3. The van der Waals surface area contributed by atoms with Gasteiger partial charge in [0.05, 0.1) is 0 Å². The molecule has 3 N–H and O–H groups in total. The Labute approximate surface area is 129 Å². The molecule has 116 valence electrons. The first-order chi connectivity index (χ1) is 10.7. The van der Waals surface area contributed by atoms with E-state index in [1.807, 2.05) is 24.3 Å². The van der Waals surface area contributed by atoms with Crippen LogP contribution in [0.1, 0.15) is 12.8 Å². The fourth-order valence-corrected chi connectivity index (χ4v) is 2.77. The lowest BCUT2D eigenvalue weighted by atomic mass is 9.91. The Morgan fingerprint density at radius 1 is 1.36 bits per heavy atom. The van der Waals surface area contributed by atoms with Crippen LogP contribution in [0.2, 0.25) is 0 Å². The molecule has 1 aliphatic rings. The summed E-state index contributed by atoms with van der Waals surface area (Å²) in [5.74, 6) is 0.688. The molecule has 1 amide bonds. The van der Waals surface area contributed by atoms with Crippen LogP contribution >= 0.6 is 0 Å². The van der Waals surface area contributed by atoms with Crippen LogP contribution < -0.4 is 10.6 Å². The Bertz CT molecular complexity index is 633. The van der Waals surface area contributed by atoms with E-state index < -0.39 is 5.60 Å². The van der Waals surface area contributed by atoms with Crippen molar-refractivity contribution in [3.8, 4) is 11.4 Å². The molecule has 0 atom stereocenters. The molecular weight excluding hydrogens is 280 g/mol. The zero-order valence-electron chi connectivity index (χ0n) is 12.6. The zero-order chi connectivity index (χ0) is 15.4. The van der Waals surface area contributed by atoms with E-state index in [2.05, 4.69) is 20.6 Å². The third-order valence-electron chi connectivity index (χ3n) is 4.11. The zero-order valence-corrected chi connectivity index (χ0v) is 12.6. The highest BCUT2D eigenvalue weighted by molar-refractivity contribution is 5.97. The van der Waals surface area contributed by atoms with E-state index in [9.17, 15) is 4.79 Å². The van der Waals surface area contributed by atoms with Crippen molar-refractivity contribution in [2.45, 2.75) is 18.4 Å². The first kappa shape index (κ1) is 14.7. The summed E-state index contributed by atoms with van der Waals surface area (Å²) in [6, 6.07) is 7.62. The Kier molecular flexibility index (Phi) is 4.22. The van der Waals surface area contributed by atoms with Crippen LogP contribution in [0, 0.1) is 0 Å². The van der Waals surface area contributed by atoms with E-state index in [1.54, 1.807) is 19.5 Å². The van der Waals surface area contributed by atoms with Crippen molar-refractivity contribution in [3.05, 3.63) is 36.7 Å². The summed E-state index contributed by atoms with van der Waals surface area (Å²) >= 11 is 0. The second-order valence-electron chi connectivity index (χ2n) is 5.42. The standard InChI is InChI=1S/C16H20N4O2/c1-22-16(5-7-17-8-6-16)15(21)20-13-4-2-3-12(11-13)14-18-9-10-19-14/h2-4,9-11,17H,5-8H2,1H3,(H,18,19)(H,20,21). The smallest absolute Gasteiger partial charge is 0.256 e. The Morgan fingerprint density at radius 3 is 2.86 bits per heavy atom. The van der Waals surface area contributed by atoms with Crippen LogP contribution in [0.5, 0.6) is 0 Å². The fraction of sp³-hybridized carbons (Fsp3) is 0.375. The van der Waals surface area contributed by atoms with E-state index in [4.69, 9.17) is 4.74 Å². The largest absolute Gasteiger partial charge is 0.368 e. The summed E-state index contributed by atoms with van der Waals surface area (Å²) in [4.78, 5) is 19.9. The van der Waals surface area contributed by atoms with Crippen molar-refractivity contribution in [2.24, 2.45) is 0 Å². The number of anilines is 1. The number of aromatic amines is 1. The lowest BCUT2D eigenvalue weighted by Crippen LogP contribution is -2.51. The van der Waals surface area contributed by atoms with Gasteiger partial charge in [-0.25, -0.2) is 4.98 Å². The van der Waals surface area contributed by atoms with Crippen LogP contribution in [-0.4, -0.2) is 41.7 Å². The average molecular weight is 300 g/mol. The predicted octanol–water partition coefficient (Wildman–Crippen LogP) is 1.78. The molecule has 1 aliphatic heterocycles. The third-order valence-corrected chi connectivity index (χ3v) is 4.11. The summed E-state index contributed by atoms with van der Waals surface area (Å²) in [7, 11) is 1.60. The second kappa shape index (κ2) is 6.29. The number of methoxy groups -OCH3 is 1. The SMILES string of the molecule is COC1(C(=O)Nc2cccc(-c3ncc[nH]3)c2)CCNCC1. The molecule has 0 bridgehead atoms. The normalized spacial score (nSPS) is 17.1. The number of imidazole rings is 1. The van der Waals surface area contributed by atoms with Crippen LogP contribution in [0.25, 0.3) is 11.4 Å². The van der Waals surface area contributed by atoms with Crippen LogP contribution in [0.3, 0.4) is 0 Å². The molecule has 0 saturated carbocycles. The number of nitrogens with one attached hydrogen (secondary N) is 3. The number of carbonyl (C=O) groups excluding carboxylic acids is 1. The molecule has 3 rings (SSSR count). The first-order valence-corrected chi connectivity index (χ1v) is 7.41. The summed E-state index contributed by atoms with van der Waals surface area (Å²) in [6.07, 6.45) is 4.82. The number of aromatic nitrogens is 2. The predicted molar refractivity (Wildman–Crippen MR) is 84.5 cm³/mol. The van der Waals surface area contributed by atoms with Gasteiger partial charge in [-0.1, -0.05) is 12.1 Å². The van der Waals surface area contributed by atoms with Gasteiger partial charge >= 0.3 is 0 Å². The van der Waals surface area contributed by atoms with E-state index in [0.29, 0.717) is 12.8 Å². The lowest BCUT2D eigenvalue weighted by molar-refractivity contribution is -0.140. The molecule has 0 aliphatic carbocycles. The second-order valence-corrected chi connectivity index (χ2v) is 5.42. The van der Waals surface area contributed by atoms with Gasteiger partial charge in [-0.2, -0.15) is 0 Å². The van der Waals surface area contributed by atoms with E-state index >= 15 is 0 Å². The molecule has 1 fully saturated rings. The molecule has 0 radical (unpaired) electrons. The maximum Gasteiger partial charge on any atom is 0.256 e. The number of piperidine rings is 1. The van der Waals surface area contributed by atoms with E-state index in [-0.39, 0.29) is 5.91 Å². The minimum Gasteiger partial charge on any atom is -0.368 e. The average Bonchev–Trinajstić information content (AvgIpc) is 3.10. The van der Waals surface area contributed by atoms with Crippen molar-refractivity contribution < 1.29 is 9.53 Å². The van der Waals surface area contributed by atoms with Gasteiger partial charge in [0.15, 0.2) is 0 Å². The highest BCUT2D eigenvalue weighted by Crippen LogP contribution is 2.26.